The summed E-state index contributed by atoms with van der Waals surface area (Å²) in [6.07, 6.45) is 0.493. The second-order valence-corrected chi connectivity index (χ2v) is 4.75. The topological polar surface area (TPSA) is 105 Å². The Kier molecular flexibility index (Phi) is 7.54. The van der Waals surface area contributed by atoms with E-state index in [0.29, 0.717) is 6.42 Å². The van der Waals surface area contributed by atoms with Gasteiger partial charge in [0.25, 0.3) is 0 Å². The molecule has 3 atom stereocenters. The molecule has 0 heterocycles. The van der Waals surface area contributed by atoms with Crippen molar-refractivity contribution < 1.29 is 19.1 Å². The van der Waals surface area contributed by atoms with Gasteiger partial charge in [-0.15, -0.1) is 0 Å². The standard InChI is InChI=1S/C12H24N2O4/c1-7(2)9(13)12(16)18-6-5-8(3)10(14)11(15)17-4/h7-10H,5-6,13-14H2,1-4H3/t8?,9-,10?/m0/s1. The number of carbonyl (C=O) groups is 2. The van der Waals surface area contributed by atoms with Crippen LogP contribution < -0.4 is 11.5 Å². The molecule has 0 aromatic carbocycles. The molecule has 0 saturated carbocycles. The van der Waals surface area contributed by atoms with Crippen molar-refractivity contribution in [1.29, 1.82) is 0 Å². The monoisotopic (exact) mass is 260 g/mol. The van der Waals surface area contributed by atoms with Gasteiger partial charge in [-0.05, 0) is 18.3 Å². The molecular weight excluding hydrogens is 236 g/mol. The Morgan fingerprint density at radius 2 is 1.61 bits per heavy atom. The van der Waals surface area contributed by atoms with Crippen molar-refractivity contribution in [3.05, 3.63) is 0 Å². The number of rotatable bonds is 7. The van der Waals surface area contributed by atoms with Crippen molar-refractivity contribution >= 4 is 11.9 Å². The molecule has 6 nitrogen and oxygen atoms in total. The zero-order valence-electron chi connectivity index (χ0n) is 11.5. The number of nitrogens with two attached hydrogens (primary N) is 2. The number of ether oxygens (including phenoxy) is 2. The van der Waals surface area contributed by atoms with Gasteiger partial charge in [0.1, 0.15) is 12.1 Å². The zero-order valence-corrected chi connectivity index (χ0v) is 11.5. The molecule has 0 rings (SSSR count). The van der Waals surface area contributed by atoms with Crippen LogP contribution in [0.1, 0.15) is 27.2 Å². The normalized spacial score (nSPS) is 15.9. The fourth-order valence-corrected chi connectivity index (χ4v) is 1.26. The summed E-state index contributed by atoms with van der Waals surface area (Å²) in [5.74, 6) is -0.982. The van der Waals surface area contributed by atoms with E-state index in [1.54, 1.807) is 6.92 Å². The minimum absolute atomic E-state index is 0.0345. The Hall–Kier alpha value is -1.14. The summed E-state index contributed by atoms with van der Waals surface area (Å²) in [6, 6.07) is -1.32. The Balaban J connectivity index is 3.98. The fourth-order valence-electron chi connectivity index (χ4n) is 1.26. The maximum atomic E-state index is 11.5. The van der Waals surface area contributed by atoms with Gasteiger partial charge in [-0.2, -0.15) is 0 Å². The highest BCUT2D eigenvalue weighted by Crippen LogP contribution is 2.09. The minimum atomic E-state index is -0.701. The lowest BCUT2D eigenvalue weighted by molar-refractivity contribution is -0.147. The van der Waals surface area contributed by atoms with Crippen molar-refractivity contribution in [2.75, 3.05) is 13.7 Å². The van der Waals surface area contributed by atoms with Gasteiger partial charge in [-0.1, -0.05) is 20.8 Å². The van der Waals surface area contributed by atoms with E-state index in [-0.39, 0.29) is 18.4 Å². The third kappa shape index (κ3) is 5.46. The second-order valence-electron chi connectivity index (χ2n) is 4.75. The van der Waals surface area contributed by atoms with E-state index in [0.717, 1.165) is 0 Å². The van der Waals surface area contributed by atoms with Crippen molar-refractivity contribution in [2.45, 2.75) is 39.3 Å². The quantitative estimate of drug-likeness (QED) is 0.626. The van der Waals surface area contributed by atoms with Gasteiger partial charge in [0.05, 0.1) is 13.7 Å². The molecular formula is C12H24N2O4. The first kappa shape index (κ1) is 16.9. The van der Waals surface area contributed by atoms with E-state index < -0.39 is 24.0 Å². The van der Waals surface area contributed by atoms with Crippen LogP contribution in [0, 0.1) is 11.8 Å². The van der Waals surface area contributed by atoms with Gasteiger partial charge in [0.15, 0.2) is 0 Å². The molecule has 2 unspecified atom stereocenters. The molecule has 0 aliphatic heterocycles. The number of hydrogen-bond donors (Lipinski definition) is 2. The van der Waals surface area contributed by atoms with Crippen LogP contribution in [0.25, 0.3) is 0 Å². The summed E-state index contributed by atoms with van der Waals surface area (Å²) in [7, 11) is 1.29. The maximum Gasteiger partial charge on any atom is 0.323 e. The van der Waals surface area contributed by atoms with Crippen LogP contribution in [-0.4, -0.2) is 37.7 Å². The molecule has 0 bridgehead atoms. The molecule has 4 N–H and O–H groups in total. The Morgan fingerprint density at radius 3 is 2.06 bits per heavy atom. The van der Waals surface area contributed by atoms with Crippen molar-refractivity contribution in [3.63, 3.8) is 0 Å². The summed E-state index contributed by atoms with van der Waals surface area (Å²) in [6.45, 7) is 5.70. The lowest BCUT2D eigenvalue weighted by atomic mass is 10.00. The molecule has 0 amide bonds. The van der Waals surface area contributed by atoms with E-state index in [9.17, 15) is 9.59 Å². The van der Waals surface area contributed by atoms with Gasteiger partial charge in [0.2, 0.25) is 0 Å². The summed E-state index contributed by atoms with van der Waals surface area (Å²) in [4.78, 5) is 22.6. The minimum Gasteiger partial charge on any atom is -0.468 e. The lowest BCUT2D eigenvalue weighted by Gasteiger charge is -2.19. The molecule has 0 spiro atoms. The van der Waals surface area contributed by atoms with Gasteiger partial charge in [-0.25, -0.2) is 0 Å². The molecule has 0 aromatic rings. The average Bonchev–Trinajstić information content (AvgIpc) is 2.35. The van der Waals surface area contributed by atoms with Gasteiger partial charge >= 0.3 is 11.9 Å². The average molecular weight is 260 g/mol. The van der Waals surface area contributed by atoms with Crippen molar-refractivity contribution in [1.82, 2.24) is 0 Å². The second kappa shape index (κ2) is 8.05. The molecule has 18 heavy (non-hydrogen) atoms. The molecule has 6 heteroatoms. The lowest BCUT2D eigenvalue weighted by Crippen LogP contribution is -2.39. The first-order chi connectivity index (χ1) is 8.31. The van der Waals surface area contributed by atoms with E-state index in [4.69, 9.17) is 16.2 Å². The molecule has 106 valence electrons. The van der Waals surface area contributed by atoms with Crippen LogP contribution >= 0.6 is 0 Å². The van der Waals surface area contributed by atoms with E-state index in [2.05, 4.69) is 4.74 Å². The third-order valence-electron chi connectivity index (χ3n) is 2.89. The van der Waals surface area contributed by atoms with Crippen molar-refractivity contribution in [3.8, 4) is 0 Å². The largest absolute Gasteiger partial charge is 0.468 e. The first-order valence-corrected chi connectivity index (χ1v) is 6.06. The van der Waals surface area contributed by atoms with Crippen LogP contribution in [0.5, 0.6) is 0 Å². The molecule has 0 aliphatic carbocycles. The number of methoxy groups -OCH3 is 1. The Bertz CT molecular complexity index is 281. The molecule has 0 aromatic heterocycles. The van der Waals surface area contributed by atoms with E-state index in [1.807, 2.05) is 13.8 Å². The first-order valence-electron chi connectivity index (χ1n) is 6.06. The third-order valence-corrected chi connectivity index (χ3v) is 2.89. The molecule has 0 fully saturated rings. The smallest absolute Gasteiger partial charge is 0.323 e. The van der Waals surface area contributed by atoms with Gasteiger partial charge in [-0.3, -0.25) is 9.59 Å². The van der Waals surface area contributed by atoms with Crippen LogP contribution in [0.4, 0.5) is 0 Å². The highest BCUT2D eigenvalue weighted by atomic mass is 16.5. The van der Waals surface area contributed by atoms with Gasteiger partial charge in [0, 0.05) is 0 Å². The van der Waals surface area contributed by atoms with Crippen LogP contribution in [0.2, 0.25) is 0 Å². The van der Waals surface area contributed by atoms with Crippen molar-refractivity contribution in [2.24, 2.45) is 23.3 Å². The number of esters is 2. The summed E-state index contributed by atoms with van der Waals surface area (Å²) in [5.41, 5.74) is 11.3. The fraction of sp³-hybridized carbons (Fsp3) is 0.833. The van der Waals surface area contributed by atoms with Crippen LogP contribution in [0.15, 0.2) is 0 Å². The summed E-state index contributed by atoms with van der Waals surface area (Å²) < 4.78 is 9.57. The van der Waals surface area contributed by atoms with Crippen LogP contribution in [0.3, 0.4) is 0 Å². The summed E-state index contributed by atoms with van der Waals surface area (Å²) >= 11 is 0. The van der Waals surface area contributed by atoms with E-state index >= 15 is 0 Å². The zero-order chi connectivity index (χ0) is 14.3. The Morgan fingerprint density at radius 1 is 1.06 bits per heavy atom. The number of carbonyl (C=O) groups excluding carboxylic acids is 2. The summed E-state index contributed by atoms with van der Waals surface area (Å²) in [5, 5.41) is 0. The van der Waals surface area contributed by atoms with E-state index in [1.165, 1.54) is 7.11 Å². The van der Waals surface area contributed by atoms with Crippen LogP contribution in [-0.2, 0) is 19.1 Å². The maximum absolute atomic E-state index is 11.5. The predicted octanol–water partition coefficient (Wildman–Crippen LogP) is 0.0394. The molecule has 0 aliphatic rings. The Labute approximate surface area is 108 Å². The molecule has 0 radical (unpaired) electrons. The van der Waals surface area contributed by atoms with Gasteiger partial charge < -0.3 is 20.9 Å². The molecule has 0 saturated heterocycles. The highest BCUT2D eigenvalue weighted by molar-refractivity contribution is 5.76. The SMILES string of the molecule is COC(=O)C(N)C(C)CCOC(=O)[C@@H](N)C(C)C. The number of hydrogen-bond acceptors (Lipinski definition) is 6. The predicted molar refractivity (Wildman–Crippen MR) is 67.5 cm³/mol. The highest BCUT2D eigenvalue weighted by Gasteiger charge is 2.23.